The number of phosphoric acid groups is 1. The molecule has 0 radical (unpaired) electrons. The first kappa shape index (κ1) is 63.6. The number of hydrogen-bond acceptors (Lipinski definition) is 5. The summed E-state index contributed by atoms with van der Waals surface area (Å²) in [6.45, 7) is 4.58. The molecule has 0 bridgehead atoms. The molecule has 0 rings (SSSR count). The molecule has 3 atom stereocenters. The molecule has 0 aromatic rings. The SMILES string of the molecule is CC/C=C\C/C=C\C/C=C\C/C=C\C/C=C\C/C=C\C/C=C\C/C=C\C/C=C\C/C=C\CCCCCCCCCCC(=O)NC(COP(=O)(O)OCC[N+](C)(C)C)C(O)/C=C/CCCCCC. The van der Waals surface area contributed by atoms with Gasteiger partial charge in [-0.25, -0.2) is 4.57 Å². The maximum Gasteiger partial charge on any atom is 0.472 e. The summed E-state index contributed by atoms with van der Waals surface area (Å²) in [7, 11) is 1.54. The van der Waals surface area contributed by atoms with E-state index in [-0.39, 0.29) is 19.1 Å². The predicted molar refractivity (Wildman–Crippen MR) is 290 cm³/mol. The van der Waals surface area contributed by atoms with E-state index in [0.29, 0.717) is 17.4 Å². The van der Waals surface area contributed by atoms with E-state index in [9.17, 15) is 19.4 Å². The first-order valence-electron chi connectivity index (χ1n) is 26.1. The van der Waals surface area contributed by atoms with Crippen molar-refractivity contribution in [1.29, 1.82) is 0 Å². The lowest BCUT2D eigenvalue weighted by Crippen LogP contribution is -2.45. The highest BCUT2D eigenvalue weighted by Gasteiger charge is 2.27. The number of rotatable bonds is 45. The normalized spacial score (nSPS) is 15.1. The van der Waals surface area contributed by atoms with Crippen molar-refractivity contribution in [1.82, 2.24) is 5.32 Å². The van der Waals surface area contributed by atoms with Crippen LogP contribution in [-0.4, -0.2) is 73.4 Å². The molecule has 0 aromatic heterocycles. The van der Waals surface area contributed by atoms with Gasteiger partial charge >= 0.3 is 7.82 Å². The molecule has 0 aromatic carbocycles. The summed E-state index contributed by atoms with van der Waals surface area (Å²) >= 11 is 0. The van der Waals surface area contributed by atoms with Gasteiger partial charge in [0.15, 0.2) is 0 Å². The van der Waals surface area contributed by atoms with Gasteiger partial charge in [-0.1, -0.05) is 205 Å². The molecule has 0 aliphatic carbocycles. The van der Waals surface area contributed by atoms with E-state index in [0.717, 1.165) is 122 Å². The zero-order valence-electron chi connectivity index (χ0n) is 43.1. The summed E-state index contributed by atoms with van der Waals surface area (Å²) in [5.41, 5.74) is 0. The number of carbonyl (C=O) groups is 1. The fourth-order valence-corrected chi connectivity index (χ4v) is 7.27. The summed E-state index contributed by atoms with van der Waals surface area (Å²) in [6, 6.07) is -0.856. The molecule has 0 aliphatic heterocycles. The monoisotopic (exact) mass is 950 g/mol. The van der Waals surface area contributed by atoms with Gasteiger partial charge in [-0.3, -0.25) is 13.8 Å². The van der Waals surface area contributed by atoms with Crippen molar-refractivity contribution in [3.05, 3.63) is 134 Å². The summed E-state index contributed by atoms with van der Waals surface area (Å²) < 4.78 is 23.4. The van der Waals surface area contributed by atoms with Crippen molar-refractivity contribution in [2.45, 2.75) is 187 Å². The Morgan fingerprint density at radius 2 is 0.896 bits per heavy atom. The zero-order chi connectivity index (χ0) is 49.2. The Bertz CT molecular complexity index is 1540. The Morgan fingerprint density at radius 3 is 1.31 bits per heavy atom. The van der Waals surface area contributed by atoms with Crippen molar-refractivity contribution < 1.29 is 32.9 Å². The second-order valence-electron chi connectivity index (χ2n) is 18.2. The number of carbonyl (C=O) groups excluding carboxylic acids is 1. The van der Waals surface area contributed by atoms with Gasteiger partial charge in [-0.15, -0.1) is 0 Å². The highest BCUT2D eigenvalue weighted by molar-refractivity contribution is 7.47. The van der Waals surface area contributed by atoms with Gasteiger partial charge in [0.25, 0.3) is 0 Å². The number of nitrogens with one attached hydrogen (secondary N) is 1. The largest absolute Gasteiger partial charge is 0.472 e. The quantitative estimate of drug-likeness (QED) is 0.0243. The molecule has 0 saturated carbocycles. The molecular weight excluding hydrogens is 852 g/mol. The van der Waals surface area contributed by atoms with Crippen LogP contribution in [-0.2, 0) is 18.4 Å². The van der Waals surface area contributed by atoms with Crippen LogP contribution in [0.1, 0.15) is 174 Å². The van der Waals surface area contributed by atoms with Gasteiger partial charge in [-0.2, -0.15) is 0 Å². The van der Waals surface area contributed by atoms with Crippen LogP contribution in [0.5, 0.6) is 0 Å². The number of phosphoric ester groups is 1. The van der Waals surface area contributed by atoms with Gasteiger partial charge in [0, 0.05) is 6.42 Å². The van der Waals surface area contributed by atoms with E-state index in [4.69, 9.17) is 9.05 Å². The summed E-state index contributed by atoms with van der Waals surface area (Å²) in [6.07, 6.45) is 73.0. The van der Waals surface area contributed by atoms with E-state index >= 15 is 0 Å². The molecule has 8 nitrogen and oxygen atoms in total. The Morgan fingerprint density at radius 1 is 0.522 bits per heavy atom. The average Bonchev–Trinajstić information content (AvgIpc) is 3.29. The molecule has 380 valence electrons. The molecule has 67 heavy (non-hydrogen) atoms. The zero-order valence-corrected chi connectivity index (χ0v) is 44.0. The van der Waals surface area contributed by atoms with Crippen LogP contribution in [0.3, 0.4) is 0 Å². The molecule has 3 unspecified atom stereocenters. The number of allylic oxidation sites excluding steroid dienone is 21. The van der Waals surface area contributed by atoms with Gasteiger partial charge in [0.05, 0.1) is 39.9 Å². The topological polar surface area (TPSA) is 105 Å². The molecule has 0 fully saturated rings. The highest BCUT2D eigenvalue weighted by atomic mass is 31.2. The van der Waals surface area contributed by atoms with Crippen molar-refractivity contribution in [3.8, 4) is 0 Å². The van der Waals surface area contributed by atoms with Crippen LogP contribution in [0.25, 0.3) is 0 Å². The Kier molecular flexibility index (Phi) is 45.3. The number of unbranched alkanes of at least 4 members (excludes halogenated alkanes) is 12. The number of aliphatic hydroxyl groups is 1. The fraction of sp³-hybridized carbons (Fsp3) is 0.603. The summed E-state index contributed by atoms with van der Waals surface area (Å²) in [5, 5.41) is 13.7. The van der Waals surface area contributed by atoms with Crippen molar-refractivity contribution in [3.63, 3.8) is 0 Å². The molecule has 3 N–H and O–H groups in total. The molecule has 0 heterocycles. The first-order chi connectivity index (χ1) is 32.5. The van der Waals surface area contributed by atoms with Gasteiger partial charge in [0.1, 0.15) is 13.2 Å². The van der Waals surface area contributed by atoms with Crippen LogP contribution >= 0.6 is 7.82 Å². The Hall–Kier alpha value is -3.36. The van der Waals surface area contributed by atoms with Crippen LogP contribution in [0.2, 0.25) is 0 Å². The van der Waals surface area contributed by atoms with E-state index in [1.165, 1.54) is 32.1 Å². The smallest absolute Gasteiger partial charge is 0.387 e. The maximum atomic E-state index is 12.8. The van der Waals surface area contributed by atoms with Gasteiger partial charge in [0.2, 0.25) is 5.91 Å². The van der Waals surface area contributed by atoms with Crippen molar-refractivity contribution in [2.75, 3.05) is 40.9 Å². The third-order valence-electron chi connectivity index (χ3n) is 10.6. The van der Waals surface area contributed by atoms with E-state index in [1.807, 2.05) is 27.2 Å². The van der Waals surface area contributed by atoms with Crippen LogP contribution in [0, 0.1) is 0 Å². The average molecular weight is 950 g/mol. The maximum absolute atomic E-state index is 12.8. The molecule has 0 aliphatic rings. The van der Waals surface area contributed by atoms with Crippen LogP contribution in [0.4, 0.5) is 0 Å². The lowest BCUT2D eigenvalue weighted by atomic mass is 10.1. The van der Waals surface area contributed by atoms with E-state index < -0.39 is 20.0 Å². The number of likely N-dealkylation sites (N-methyl/N-ethyl adjacent to an activating group) is 1. The summed E-state index contributed by atoms with van der Waals surface area (Å²) in [5.74, 6) is -0.199. The van der Waals surface area contributed by atoms with Crippen LogP contribution < -0.4 is 5.32 Å². The molecule has 0 spiro atoms. The van der Waals surface area contributed by atoms with Crippen LogP contribution in [0.15, 0.2) is 134 Å². The standard InChI is InChI=1S/C58H97N2O6P/c1-6-8-10-12-14-15-16-17-18-19-20-21-22-23-24-25-26-27-28-29-30-31-32-33-34-35-36-37-38-39-40-41-42-43-44-45-46-48-50-52-58(62)59-56(57(61)51-49-47-13-11-9-7-2)55-66-67(63,64)65-54-53-60(3,4)5/h8,10,14-15,17-18,20-21,23-24,26-27,29-30,32-33,35-36,38-39,49,51,56-57,61H,6-7,9,11-13,16,19,22,25,28,31,34,37,40-48,50,52-55H2,1-5H3,(H-,59,62,63,64)/p+1/b10-8-,15-14-,18-17-,21-20-,24-23-,27-26-,30-29-,33-32-,36-35-,39-38-,51-49+. The first-order valence-corrected chi connectivity index (χ1v) is 27.6. The summed E-state index contributed by atoms with van der Waals surface area (Å²) in [4.78, 5) is 23.0. The minimum atomic E-state index is -4.34. The Labute approximate surface area is 411 Å². The fourth-order valence-electron chi connectivity index (χ4n) is 6.54. The van der Waals surface area contributed by atoms with Crippen molar-refractivity contribution >= 4 is 13.7 Å². The Balaban J connectivity index is 4.00. The van der Waals surface area contributed by atoms with E-state index in [2.05, 4.69) is 141 Å². The molecule has 9 heteroatoms. The van der Waals surface area contributed by atoms with E-state index in [1.54, 1.807) is 6.08 Å². The van der Waals surface area contributed by atoms with Gasteiger partial charge in [-0.05, 0) is 96.3 Å². The number of hydrogen-bond donors (Lipinski definition) is 3. The second-order valence-corrected chi connectivity index (χ2v) is 19.6. The van der Waals surface area contributed by atoms with Crippen molar-refractivity contribution in [2.24, 2.45) is 0 Å². The lowest BCUT2D eigenvalue weighted by molar-refractivity contribution is -0.870. The minimum Gasteiger partial charge on any atom is -0.387 e. The third-order valence-corrected chi connectivity index (χ3v) is 11.6. The third kappa shape index (κ3) is 50.3. The minimum absolute atomic E-state index is 0.0523. The predicted octanol–water partition coefficient (Wildman–Crippen LogP) is 15.6. The number of aliphatic hydroxyl groups excluding tert-OH is 1. The number of amides is 1. The molecule has 1 amide bonds. The number of nitrogens with zero attached hydrogens (tertiary/aromatic N) is 1. The highest BCUT2D eigenvalue weighted by Crippen LogP contribution is 2.43. The number of quaternary nitrogens is 1. The second kappa shape index (κ2) is 47.7. The lowest BCUT2D eigenvalue weighted by Gasteiger charge is -2.25. The molecular formula is C58H98N2O6P+. The molecule has 0 saturated heterocycles. The van der Waals surface area contributed by atoms with Gasteiger partial charge < -0.3 is 19.8 Å².